The van der Waals surface area contributed by atoms with Crippen molar-refractivity contribution in [2.24, 2.45) is 0 Å². The molecule has 1 amide bonds. The minimum Gasteiger partial charge on any atom is -0.375 e. The number of carbonyl (C=O) groups excluding carboxylic acids is 1. The normalized spacial score (nSPS) is 11.1. The van der Waals surface area contributed by atoms with Gasteiger partial charge in [-0.05, 0) is 18.6 Å². The monoisotopic (exact) mass is 288 g/mol. The predicted molar refractivity (Wildman–Crippen MR) is 71.3 cm³/mol. The Morgan fingerprint density at radius 1 is 1.37 bits per heavy atom. The molecular formula is C12H17FN2O3S. The van der Waals surface area contributed by atoms with Gasteiger partial charge in [-0.25, -0.2) is 12.8 Å². The van der Waals surface area contributed by atoms with E-state index in [2.05, 4.69) is 10.6 Å². The number of halogens is 1. The Morgan fingerprint density at radius 2 is 2.05 bits per heavy atom. The Labute approximate surface area is 112 Å². The maximum absolute atomic E-state index is 13.6. The standard InChI is InChI=1S/C12H17FN2O3S/c1-3-7-14-11(16)8-15-10-6-4-5-9(13)12(10)19(2,17)18/h4-6,15H,3,7-8H2,1-2H3,(H,14,16). The highest BCUT2D eigenvalue weighted by molar-refractivity contribution is 7.90. The van der Waals surface area contributed by atoms with Crippen LogP contribution in [0.4, 0.5) is 10.1 Å². The maximum atomic E-state index is 13.6. The van der Waals surface area contributed by atoms with Gasteiger partial charge in [0, 0.05) is 12.8 Å². The van der Waals surface area contributed by atoms with Crippen LogP contribution in [-0.4, -0.2) is 33.7 Å². The van der Waals surface area contributed by atoms with Crippen molar-refractivity contribution in [3.8, 4) is 0 Å². The minimum atomic E-state index is -3.70. The summed E-state index contributed by atoms with van der Waals surface area (Å²) in [5.74, 6) is -1.10. The molecule has 0 radical (unpaired) electrons. The fourth-order valence-corrected chi connectivity index (χ4v) is 2.49. The molecule has 1 aromatic carbocycles. The Morgan fingerprint density at radius 3 is 2.63 bits per heavy atom. The molecule has 1 rings (SSSR count). The number of hydrogen-bond acceptors (Lipinski definition) is 4. The molecule has 0 heterocycles. The zero-order valence-corrected chi connectivity index (χ0v) is 11.7. The van der Waals surface area contributed by atoms with E-state index in [1.54, 1.807) is 0 Å². The van der Waals surface area contributed by atoms with E-state index in [-0.39, 0.29) is 18.1 Å². The summed E-state index contributed by atoms with van der Waals surface area (Å²) in [5, 5.41) is 5.27. The van der Waals surface area contributed by atoms with E-state index in [4.69, 9.17) is 0 Å². The first-order chi connectivity index (χ1) is 8.86. The first kappa shape index (κ1) is 15.4. The van der Waals surface area contributed by atoms with Crippen LogP contribution in [0.5, 0.6) is 0 Å². The van der Waals surface area contributed by atoms with Gasteiger partial charge in [0.1, 0.15) is 10.7 Å². The van der Waals surface area contributed by atoms with Crippen molar-refractivity contribution in [3.63, 3.8) is 0 Å². The van der Waals surface area contributed by atoms with Crippen molar-refractivity contribution >= 4 is 21.4 Å². The molecule has 0 aliphatic carbocycles. The zero-order chi connectivity index (χ0) is 14.5. The van der Waals surface area contributed by atoms with Gasteiger partial charge in [-0.2, -0.15) is 0 Å². The highest BCUT2D eigenvalue weighted by Gasteiger charge is 2.18. The van der Waals surface area contributed by atoms with Crippen molar-refractivity contribution in [2.75, 3.05) is 24.7 Å². The minimum absolute atomic E-state index is 0.0918. The van der Waals surface area contributed by atoms with Crippen molar-refractivity contribution < 1.29 is 17.6 Å². The first-order valence-corrected chi connectivity index (χ1v) is 7.74. The van der Waals surface area contributed by atoms with E-state index < -0.39 is 20.5 Å². The van der Waals surface area contributed by atoms with Crippen molar-refractivity contribution in [2.45, 2.75) is 18.2 Å². The molecule has 0 unspecified atom stereocenters. The van der Waals surface area contributed by atoms with E-state index in [1.807, 2.05) is 6.92 Å². The molecule has 2 N–H and O–H groups in total. The summed E-state index contributed by atoms with van der Waals surface area (Å²) in [6, 6.07) is 3.88. The molecule has 0 aromatic heterocycles. The molecule has 0 aliphatic rings. The van der Waals surface area contributed by atoms with Crippen LogP contribution in [0.1, 0.15) is 13.3 Å². The summed E-state index contributed by atoms with van der Waals surface area (Å²) in [4.78, 5) is 11.0. The van der Waals surface area contributed by atoms with Gasteiger partial charge >= 0.3 is 0 Å². The number of rotatable bonds is 6. The molecule has 1 aromatic rings. The fourth-order valence-electron chi connectivity index (χ4n) is 1.53. The Bertz CT molecular complexity index is 558. The molecule has 0 saturated heterocycles. The van der Waals surface area contributed by atoms with E-state index in [0.717, 1.165) is 18.7 Å². The number of carbonyl (C=O) groups is 1. The summed E-state index contributed by atoms with van der Waals surface area (Å²) in [6.07, 6.45) is 1.73. The lowest BCUT2D eigenvalue weighted by Crippen LogP contribution is -2.30. The number of nitrogens with one attached hydrogen (secondary N) is 2. The van der Waals surface area contributed by atoms with Crippen LogP contribution in [0.2, 0.25) is 0 Å². The SMILES string of the molecule is CCCNC(=O)CNc1cccc(F)c1S(C)(=O)=O. The third-order valence-electron chi connectivity index (χ3n) is 2.35. The van der Waals surface area contributed by atoms with Gasteiger partial charge in [0.15, 0.2) is 9.84 Å². The number of benzene rings is 1. The Balaban J connectivity index is 2.85. The first-order valence-electron chi connectivity index (χ1n) is 5.85. The lowest BCUT2D eigenvalue weighted by atomic mass is 10.3. The Kier molecular flexibility index (Phi) is 5.29. The molecule has 0 bridgehead atoms. The van der Waals surface area contributed by atoms with Crippen LogP contribution in [0.25, 0.3) is 0 Å². The molecule has 0 saturated carbocycles. The van der Waals surface area contributed by atoms with E-state index in [9.17, 15) is 17.6 Å². The second-order valence-corrected chi connectivity index (χ2v) is 6.04. The zero-order valence-electron chi connectivity index (χ0n) is 10.9. The summed E-state index contributed by atoms with van der Waals surface area (Å²) < 4.78 is 36.6. The highest BCUT2D eigenvalue weighted by atomic mass is 32.2. The van der Waals surface area contributed by atoms with E-state index in [1.165, 1.54) is 12.1 Å². The average Bonchev–Trinajstić information content (AvgIpc) is 2.32. The second-order valence-electron chi connectivity index (χ2n) is 4.09. The number of sulfone groups is 1. The van der Waals surface area contributed by atoms with Gasteiger partial charge in [-0.15, -0.1) is 0 Å². The molecule has 0 aliphatic heterocycles. The van der Waals surface area contributed by atoms with E-state index in [0.29, 0.717) is 6.54 Å². The largest absolute Gasteiger partial charge is 0.375 e. The molecule has 5 nitrogen and oxygen atoms in total. The fraction of sp³-hybridized carbons (Fsp3) is 0.417. The van der Waals surface area contributed by atoms with Crippen LogP contribution < -0.4 is 10.6 Å². The summed E-state index contributed by atoms with van der Waals surface area (Å²) in [7, 11) is -3.70. The molecule has 7 heteroatoms. The molecule has 0 spiro atoms. The van der Waals surface area contributed by atoms with Crippen molar-refractivity contribution in [1.82, 2.24) is 5.32 Å². The smallest absolute Gasteiger partial charge is 0.239 e. The van der Waals surface area contributed by atoms with Gasteiger partial charge in [-0.3, -0.25) is 4.79 Å². The van der Waals surface area contributed by atoms with Gasteiger partial charge in [0.2, 0.25) is 5.91 Å². The van der Waals surface area contributed by atoms with Crippen LogP contribution in [0.15, 0.2) is 23.1 Å². The van der Waals surface area contributed by atoms with Gasteiger partial charge in [0.25, 0.3) is 0 Å². The van der Waals surface area contributed by atoms with Gasteiger partial charge in [0.05, 0.1) is 12.2 Å². The van der Waals surface area contributed by atoms with Crippen LogP contribution in [-0.2, 0) is 14.6 Å². The summed E-state index contributed by atoms with van der Waals surface area (Å²) >= 11 is 0. The lowest BCUT2D eigenvalue weighted by molar-refractivity contribution is -0.119. The number of hydrogen-bond donors (Lipinski definition) is 2. The average molecular weight is 288 g/mol. The highest BCUT2D eigenvalue weighted by Crippen LogP contribution is 2.23. The van der Waals surface area contributed by atoms with Gasteiger partial charge < -0.3 is 10.6 Å². The van der Waals surface area contributed by atoms with E-state index >= 15 is 0 Å². The summed E-state index contributed by atoms with van der Waals surface area (Å²) in [6.45, 7) is 2.36. The third-order valence-corrected chi connectivity index (χ3v) is 3.51. The number of amides is 1. The maximum Gasteiger partial charge on any atom is 0.239 e. The Hall–Kier alpha value is -1.63. The molecule has 0 fully saturated rings. The molecule has 0 atom stereocenters. The van der Waals surface area contributed by atoms with Gasteiger partial charge in [-0.1, -0.05) is 13.0 Å². The van der Waals surface area contributed by atoms with Crippen molar-refractivity contribution in [3.05, 3.63) is 24.0 Å². The van der Waals surface area contributed by atoms with Crippen molar-refractivity contribution in [1.29, 1.82) is 0 Å². The van der Waals surface area contributed by atoms with Crippen LogP contribution in [0, 0.1) is 5.82 Å². The molecule has 106 valence electrons. The van der Waals surface area contributed by atoms with Crippen LogP contribution in [0.3, 0.4) is 0 Å². The topological polar surface area (TPSA) is 75.3 Å². The lowest BCUT2D eigenvalue weighted by Gasteiger charge is -2.11. The predicted octanol–water partition coefficient (Wildman–Crippen LogP) is 1.17. The second kappa shape index (κ2) is 6.51. The third kappa shape index (κ3) is 4.51. The quantitative estimate of drug-likeness (QED) is 0.824. The summed E-state index contributed by atoms with van der Waals surface area (Å²) in [5.41, 5.74) is 0.0918. The molecular weight excluding hydrogens is 271 g/mol. The molecule has 19 heavy (non-hydrogen) atoms. The van der Waals surface area contributed by atoms with Crippen LogP contribution >= 0.6 is 0 Å². The number of anilines is 1.